The zero-order chi connectivity index (χ0) is 26.1. The fourth-order valence-electron chi connectivity index (χ4n) is 4.37. The monoisotopic (exact) mass is 491 g/mol. The molecule has 2 heterocycles. The van der Waals surface area contributed by atoms with E-state index < -0.39 is 11.9 Å². The number of aromatic nitrogens is 3. The number of fused-ring (bicyclic) bond motifs is 1. The highest BCUT2D eigenvalue weighted by atomic mass is 16.4. The van der Waals surface area contributed by atoms with E-state index in [4.69, 9.17) is 10.1 Å². The number of benzene rings is 3. The first-order valence-corrected chi connectivity index (χ1v) is 12.1. The van der Waals surface area contributed by atoms with Gasteiger partial charge in [-0.15, -0.1) is 0 Å². The molecule has 0 saturated carbocycles. The summed E-state index contributed by atoms with van der Waals surface area (Å²) in [7, 11) is 0. The number of hydrogen-bond donors (Lipinski definition) is 2. The lowest BCUT2D eigenvalue weighted by Crippen LogP contribution is -2.03. The van der Waals surface area contributed by atoms with Crippen LogP contribution in [0.5, 0.6) is 0 Å². The summed E-state index contributed by atoms with van der Waals surface area (Å²) in [6.07, 6.45) is 1.79. The lowest BCUT2D eigenvalue weighted by atomic mass is 10.0. The summed E-state index contributed by atoms with van der Waals surface area (Å²) in [6.45, 7) is 4.16. The van der Waals surface area contributed by atoms with Crippen molar-refractivity contribution < 1.29 is 19.8 Å². The molecule has 0 aliphatic rings. The first-order valence-electron chi connectivity index (χ1n) is 12.1. The van der Waals surface area contributed by atoms with Crippen LogP contribution < -0.4 is 0 Å². The fraction of sp³-hybridized carbons (Fsp3) is 0.133. The molecule has 0 bridgehead atoms. The van der Waals surface area contributed by atoms with E-state index in [0.29, 0.717) is 28.0 Å². The standard InChI is InChI=1S/C30H25N3O4/c1-3-18-5-9-21(10-6-18)27-26-24(30(36)37)17-25(20-11-13-22(14-12-20)29(34)35)31-28(26)33(32-27)23-15-7-19(4-2)8-16-23/h5-17H,3-4H2,1-2H3,(H,34,35)(H,36,37). The Morgan fingerprint density at radius 1 is 0.757 bits per heavy atom. The van der Waals surface area contributed by atoms with E-state index in [9.17, 15) is 19.8 Å². The molecular formula is C30H25N3O4. The Morgan fingerprint density at radius 3 is 1.86 bits per heavy atom. The first-order chi connectivity index (χ1) is 17.9. The number of pyridine rings is 1. The summed E-state index contributed by atoms with van der Waals surface area (Å²) in [5, 5.41) is 24.8. The lowest BCUT2D eigenvalue weighted by Gasteiger charge is -2.08. The van der Waals surface area contributed by atoms with Crippen molar-refractivity contribution in [3.05, 3.63) is 101 Å². The van der Waals surface area contributed by atoms with Gasteiger partial charge in [0.25, 0.3) is 0 Å². The van der Waals surface area contributed by atoms with Crippen LogP contribution in [0.15, 0.2) is 78.9 Å². The summed E-state index contributed by atoms with van der Waals surface area (Å²) < 4.78 is 1.68. The van der Waals surface area contributed by atoms with Crippen LogP contribution in [0.2, 0.25) is 0 Å². The maximum atomic E-state index is 12.5. The Bertz CT molecular complexity index is 1620. The van der Waals surface area contributed by atoms with E-state index in [-0.39, 0.29) is 11.1 Å². The van der Waals surface area contributed by atoms with Gasteiger partial charge in [0.1, 0.15) is 5.69 Å². The summed E-state index contributed by atoms with van der Waals surface area (Å²) in [4.78, 5) is 28.7. The highest BCUT2D eigenvalue weighted by molar-refractivity contribution is 6.09. The fourth-order valence-corrected chi connectivity index (χ4v) is 4.37. The van der Waals surface area contributed by atoms with E-state index in [0.717, 1.165) is 24.1 Å². The number of nitrogens with zero attached hydrogens (tertiary/aromatic N) is 3. The molecule has 0 amide bonds. The van der Waals surface area contributed by atoms with Crippen LogP contribution in [0.25, 0.3) is 39.2 Å². The number of carbonyl (C=O) groups is 2. The van der Waals surface area contributed by atoms with Gasteiger partial charge in [-0.2, -0.15) is 5.10 Å². The predicted octanol–water partition coefficient (Wildman–Crippen LogP) is 6.28. The molecule has 184 valence electrons. The highest BCUT2D eigenvalue weighted by Gasteiger charge is 2.23. The van der Waals surface area contributed by atoms with Gasteiger partial charge in [0.2, 0.25) is 0 Å². The summed E-state index contributed by atoms with van der Waals surface area (Å²) in [5.74, 6) is -2.13. The second-order valence-electron chi connectivity index (χ2n) is 8.77. The largest absolute Gasteiger partial charge is 0.478 e. The van der Waals surface area contributed by atoms with Gasteiger partial charge in [-0.3, -0.25) is 0 Å². The van der Waals surface area contributed by atoms with E-state index in [2.05, 4.69) is 13.8 Å². The molecule has 0 spiro atoms. The van der Waals surface area contributed by atoms with Crippen LogP contribution in [-0.2, 0) is 12.8 Å². The molecular weight excluding hydrogens is 466 g/mol. The van der Waals surface area contributed by atoms with Crippen molar-refractivity contribution in [1.82, 2.24) is 14.8 Å². The van der Waals surface area contributed by atoms with Crippen molar-refractivity contribution >= 4 is 23.0 Å². The lowest BCUT2D eigenvalue weighted by molar-refractivity contribution is 0.0687. The summed E-state index contributed by atoms with van der Waals surface area (Å²) in [6, 6.07) is 23.6. The minimum absolute atomic E-state index is 0.0771. The number of aryl methyl sites for hydroxylation is 2. The van der Waals surface area contributed by atoms with Gasteiger partial charge < -0.3 is 10.2 Å². The smallest absolute Gasteiger partial charge is 0.336 e. The van der Waals surface area contributed by atoms with Crippen molar-refractivity contribution in [1.29, 1.82) is 0 Å². The minimum atomic E-state index is -1.09. The average Bonchev–Trinajstić information content (AvgIpc) is 3.32. The van der Waals surface area contributed by atoms with E-state index in [1.54, 1.807) is 16.8 Å². The molecule has 5 rings (SSSR count). The van der Waals surface area contributed by atoms with Gasteiger partial charge >= 0.3 is 11.9 Å². The third-order valence-electron chi connectivity index (χ3n) is 6.52. The molecule has 0 radical (unpaired) electrons. The predicted molar refractivity (Wildman–Crippen MR) is 142 cm³/mol. The normalized spacial score (nSPS) is 11.1. The molecule has 37 heavy (non-hydrogen) atoms. The molecule has 5 aromatic rings. The van der Waals surface area contributed by atoms with Gasteiger partial charge in [0, 0.05) is 11.1 Å². The van der Waals surface area contributed by atoms with Crippen molar-refractivity contribution in [3.8, 4) is 28.2 Å². The van der Waals surface area contributed by atoms with Crippen molar-refractivity contribution in [2.24, 2.45) is 0 Å². The Labute approximate surface area is 213 Å². The molecule has 7 heteroatoms. The number of hydrogen-bond acceptors (Lipinski definition) is 4. The molecule has 0 unspecified atom stereocenters. The van der Waals surface area contributed by atoms with Crippen molar-refractivity contribution in [3.63, 3.8) is 0 Å². The quantitative estimate of drug-likeness (QED) is 0.278. The number of carboxylic acid groups (broad SMARTS) is 2. The van der Waals surface area contributed by atoms with E-state index in [1.807, 2.05) is 48.5 Å². The Hall–Kier alpha value is -4.78. The van der Waals surface area contributed by atoms with Crippen LogP contribution >= 0.6 is 0 Å². The van der Waals surface area contributed by atoms with Gasteiger partial charge in [-0.1, -0.05) is 62.4 Å². The molecule has 0 fully saturated rings. The van der Waals surface area contributed by atoms with Crippen LogP contribution in [0.3, 0.4) is 0 Å². The SMILES string of the molecule is CCc1ccc(-c2nn(-c3ccc(CC)cc3)c3nc(-c4ccc(C(=O)O)cc4)cc(C(=O)O)c23)cc1. The number of rotatable bonds is 7. The zero-order valence-corrected chi connectivity index (χ0v) is 20.5. The maximum Gasteiger partial charge on any atom is 0.336 e. The third-order valence-corrected chi connectivity index (χ3v) is 6.52. The molecule has 0 aliphatic heterocycles. The Balaban J connectivity index is 1.79. The van der Waals surface area contributed by atoms with Gasteiger partial charge in [0.05, 0.1) is 27.9 Å². The highest BCUT2D eigenvalue weighted by Crippen LogP contribution is 2.34. The third kappa shape index (κ3) is 4.47. The molecule has 0 atom stereocenters. The van der Waals surface area contributed by atoms with Gasteiger partial charge in [-0.25, -0.2) is 19.3 Å². The summed E-state index contributed by atoms with van der Waals surface area (Å²) in [5.41, 5.74) is 6.11. The van der Waals surface area contributed by atoms with Crippen LogP contribution in [0.1, 0.15) is 45.7 Å². The topological polar surface area (TPSA) is 105 Å². The molecule has 7 nitrogen and oxygen atoms in total. The van der Waals surface area contributed by atoms with Crippen molar-refractivity contribution in [2.45, 2.75) is 26.7 Å². The Kier molecular flexibility index (Phi) is 6.27. The van der Waals surface area contributed by atoms with Crippen LogP contribution in [0.4, 0.5) is 0 Å². The average molecular weight is 492 g/mol. The second-order valence-corrected chi connectivity index (χ2v) is 8.77. The summed E-state index contributed by atoms with van der Waals surface area (Å²) >= 11 is 0. The molecule has 0 aliphatic carbocycles. The number of aromatic carboxylic acids is 2. The van der Waals surface area contributed by atoms with Crippen LogP contribution in [-0.4, -0.2) is 36.9 Å². The van der Waals surface area contributed by atoms with Gasteiger partial charge in [0.15, 0.2) is 5.65 Å². The van der Waals surface area contributed by atoms with E-state index >= 15 is 0 Å². The molecule has 2 aromatic heterocycles. The molecule has 2 N–H and O–H groups in total. The minimum Gasteiger partial charge on any atom is -0.478 e. The van der Waals surface area contributed by atoms with E-state index in [1.165, 1.54) is 29.3 Å². The molecule has 0 saturated heterocycles. The van der Waals surface area contributed by atoms with Crippen LogP contribution in [0, 0.1) is 0 Å². The maximum absolute atomic E-state index is 12.5. The second kappa shape index (κ2) is 9.70. The van der Waals surface area contributed by atoms with Crippen molar-refractivity contribution in [2.75, 3.05) is 0 Å². The van der Waals surface area contributed by atoms with Gasteiger partial charge in [-0.05, 0) is 54.3 Å². The first kappa shape index (κ1) is 23.9. The molecule has 3 aromatic carbocycles. The number of carboxylic acids is 2. The zero-order valence-electron chi connectivity index (χ0n) is 20.5. The Morgan fingerprint density at radius 2 is 1.32 bits per heavy atom.